The van der Waals surface area contributed by atoms with Gasteiger partial charge in [0.05, 0.1) is 22.4 Å². The van der Waals surface area contributed by atoms with Gasteiger partial charge in [0.1, 0.15) is 11.3 Å². The van der Waals surface area contributed by atoms with E-state index in [0.717, 1.165) is 32.7 Å². The monoisotopic (exact) mass is 572 g/mol. The summed E-state index contributed by atoms with van der Waals surface area (Å²) in [6.45, 7) is 7.31. The van der Waals surface area contributed by atoms with Gasteiger partial charge in [-0.15, -0.1) is 0 Å². The molecule has 2 heterocycles. The maximum atomic E-state index is 7.36. The molecule has 6 aromatic rings. The summed E-state index contributed by atoms with van der Waals surface area (Å²) >= 11 is 1.46. The van der Waals surface area contributed by atoms with Crippen molar-refractivity contribution in [1.29, 1.82) is 0 Å². The van der Waals surface area contributed by atoms with E-state index >= 15 is 0 Å². The number of rotatable bonds is 6. The average Bonchev–Trinajstić information content (AvgIpc) is 3.61. The minimum absolute atomic E-state index is 0.186. The number of benzene rings is 4. The van der Waals surface area contributed by atoms with E-state index in [2.05, 4.69) is 128 Å². The molecular weight excluding hydrogens is 541 g/mol. The van der Waals surface area contributed by atoms with Crippen LogP contribution in [-0.4, -0.2) is 24.8 Å². The number of para-hydroxylation sites is 1. The maximum Gasteiger partial charge on any atom is 0.320 e. The largest absolute Gasteiger partial charge is 0.532 e. The molecule has 0 unspecified atom stereocenters. The third kappa shape index (κ3) is 5.08. The Bertz CT molecular complexity index is 1840. The number of anilines is 2. The van der Waals surface area contributed by atoms with Crippen LogP contribution >= 0.6 is 11.3 Å². The van der Waals surface area contributed by atoms with Crippen LogP contribution in [0.1, 0.15) is 26.3 Å². The molecule has 0 saturated carbocycles. The highest BCUT2D eigenvalue weighted by Gasteiger charge is 2.52. The first-order valence-corrected chi connectivity index (χ1v) is 16.4. The van der Waals surface area contributed by atoms with Crippen LogP contribution in [0.15, 0.2) is 103 Å². The number of aromatic amines is 1. The normalized spacial score (nSPS) is 11.8. The Hall–Kier alpha value is -4.51. The number of hydrogen-bond acceptors (Lipinski definition) is 5. The third-order valence-electron chi connectivity index (χ3n) is 7.34. The number of nitrogens with zero attached hydrogens (tertiary/aromatic N) is 1. The minimum atomic E-state index is -2.86. The Morgan fingerprint density at radius 3 is 2.32 bits per heavy atom. The van der Waals surface area contributed by atoms with Gasteiger partial charge < -0.3 is 20.5 Å². The van der Waals surface area contributed by atoms with Gasteiger partial charge in [0.15, 0.2) is 5.13 Å². The lowest BCUT2D eigenvalue weighted by Gasteiger charge is -2.43. The first-order valence-electron chi connectivity index (χ1n) is 13.6. The van der Waals surface area contributed by atoms with Crippen molar-refractivity contribution in [3.05, 3.63) is 109 Å². The Morgan fingerprint density at radius 1 is 0.927 bits per heavy atom. The van der Waals surface area contributed by atoms with Crippen LogP contribution in [0.4, 0.5) is 10.8 Å². The number of hydrogen-bond donors (Lipinski definition) is 3. The topological polar surface area (TPSA) is 76.0 Å². The SMILES string of the molecule is CC(C)(C)[Si](Oc1cc(C#CCNc2cccc3cc[nH]c23)cc2sc(N)nc12)(c1ccccc1)c1ccccc1. The van der Waals surface area contributed by atoms with Gasteiger partial charge in [0, 0.05) is 17.1 Å². The number of nitrogens with one attached hydrogen (secondary N) is 2. The molecule has 0 amide bonds. The minimum Gasteiger partial charge on any atom is -0.532 e. The fourth-order valence-electron chi connectivity index (χ4n) is 5.50. The fraction of sp³-hybridized carbons (Fsp3) is 0.147. The van der Waals surface area contributed by atoms with Gasteiger partial charge in [-0.25, -0.2) is 4.98 Å². The first-order chi connectivity index (χ1) is 19.8. The molecule has 41 heavy (non-hydrogen) atoms. The highest BCUT2D eigenvalue weighted by molar-refractivity contribution is 7.22. The van der Waals surface area contributed by atoms with Crippen LogP contribution in [-0.2, 0) is 0 Å². The number of aromatic nitrogens is 2. The van der Waals surface area contributed by atoms with E-state index < -0.39 is 8.32 Å². The zero-order valence-corrected chi connectivity index (χ0v) is 25.2. The summed E-state index contributed by atoms with van der Waals surface area (Å²) < 4.78 is 8.33. The molecule has 0 saturated heterocycles. The number of nitrogen functional groups attached to an aromatic ring is 1. The molecule has 0 aliphatic carbocycles. The van der Waals surface area contributed by atoms with Gasteiger partial charge in [-0.1, -0.05) is 117 Å². The van der Waals surface area contributed by atoms with Gasteiger partial charge in [0.25, 0.3) is 0 Å². The Kier molecular flexibility index (Phi) is 7.04. The first kappa shape index (κ1) is 26.7. The molecule has 0 aliphatic heterocycles. The predicted octanol–water partition coefficient (Wildman–Crippen LogP) is 6.76. The standard InChI is InChI=1S/C34H32N4OSSi/c1-34(2,3)41(26-14-6-4-7-15-26,27-16-8-5-9-17-27)39-29-22-24(23-30-32(29)38-33(35)40-30)12-11-20-36-28-18-10-13-25-19-21-37-31(25)28/h4-10,13-19,21-23,36-37H,20H2,1-3H3,(H2,35,38). The number of thiazole rings is 1. The van der Waals surface area contributed by atoms with Crippen LogP contribution in [0, 0.1) is 11.8 Å². The van der Waals surface area contributed by atoms with Crippen LogP contribution < -0.4 is 25.8 Å². The van der Waals surface area contributed by atoms with E-state index in [-0.39, 0.29) is 5.04 Å². The second-order valence-corrected chi connectivity index (χ2v) is 16.3. The summed E-state index contributed by atoms with van der Waals surface area (Å²) in [6, 6.07) is 33.6. The van der Waals surface area contributed by atoms with Crippen LogP contribution in [0.3, 0.4) is 0 Å². The molecule has 0 bridgehead atoms. The fourth-order valence-corrected chi connectivity index (χ4v) is 10.7. The highest BCUT2D eigenvalue weighted by Crippen LogP contribution is 2.40. The zero-order chi connectivity index (χ0) is 28.5. The van der Waals surface area contributed by atoms with E-state index in [0.29, 0.717) is 11.7 Å². The smallest absolute Gasteiger partial charge is 0.320 e. The van der Waals surface area contributed by atoms with Crippen molar-refractivity contribution in [2.45, 2.75) is 25.8 Å². The Balaban J connectivity index is 1.41. The quantitative estimate of drug-likeness (QED) is 0.152. The summed E-state index contributed by atoms with van der Waals surface area (Å²) in [6.07, 6.45) is 1.95. The zero-order valence-electron chi connectivity index (χ0n) is 23.4. The summed E-state index contributed by atoms with van der Waals surface area (Å²) in [5.74, 6) is 7.37. The Morgan fingerprint density at radius 2 is 1.63 bits per heavy atom. The van der Waals surface area contributed by atoms with Crippen LogP contribution in [0.25, 0.3) is 21.1 Å². The van der Waals surface area contributed by atoms with Crippen molar-refractivity contribution < 1.29 is 4.43 Å². The molecule has 6 rings (SSSR count). The lowest BCUT2D eigenvalue weighted by atomic mass is 10.2. The van der Waals surface area contributed by atoms with Gasteiger partial charge in [-0.3, -0.25) is 0 Å². The second-order valence-electron chi connectivity index (χ2n) is 11.0. The van der Waals surface area contributed by atoms with Crippen LogP contribution in [0.2, 0.25) is 5.04 Å². The Labute approximate surface area is 245 Å². The molecular formula is C34H32N4OSSi. The average molecular weight is 573 g/mol. The third-order valence-corrected chi connectivity index (χ3v) is 13.1. The molecule has 0 radical (unpaired) electrons. The molecule has 0 spiro atoms. The number of fused-ring (bicyclic) bond motifs is 2. The van der Waals surface area contributed by atoms with Gasteiger partial charge >= 0.3 is 8.32 Å². The van der Waals surface area contributed by atoms with E-state index in [1.807, 2.05) is 18.3 Å². The van der Waals surface area contributed by atoms with Crippen molar-refractivity contribution in [3.63, 3.8) is 0 Å². The lowest BCUT2D eigenvalue weighted by molar-refractivity contribution is 0.512. The van der Waals surface area contributed by atoms with E-state index in [4.69, 9.17) is 15.1 Å². The summed E-state index contributed by atoms with van der Waals surface area (Å²) in [4.78, 5) is 7.99. The number of H-pyrrole nitrogens is 1. The van der Waals surface area contributed by atoms with E-state index in [1.165, 1.54) is 27.1 Å². The molecule has 4 aromatic carbocycles. The van der Waals surface area contributed by atoms with Gasteiger partial charge in [-0.2, -0.15) is 0 Å². The van der Waals surface area contributed by atoms with Crippen molar-refractivity contribution in [2.24, 2.45) is 0 Å². The molecule has 0 fully saturated rings. The van der Waals surface area contributed by atoms with Crippen LogP contribution in [0.5, 0.6) is 5.75 Å². The number of nitrogens with two attached hydrogens (primary N) is 1. The van der Waals surface area contributed by atoms with Gasteiger partial charge in [-0.05, 0) is 39.7 Å². The molecule has 0 atom stereocenters. The lowest BCUT2D eigenvalue weighted by Crippen LogP contribution is -2.68. The molecule has 4 N–H and O–H groups in total. The highest BCUT2D eigenvalue weighted by atomic mass is 32.1. The van der Waals surface area contributed by atoms with Crippen molar-refractivity contribution >= 4 is 62.0 Å². The second kappa shape index (κ2) is 10.8. The summed E-state index contributed by atoms with van der Waals surface area (Å²) in [5.41, 5.74) is 9.98. The molecule has 5 nitrogen and oxygen atoms in total. The van der Waals surface area contributed by atoms with Gasteiger partial charge in [0.2, 0.25) is 0 Å². The molecule has 204 valence electrons. The molecule has 2 aromatic heterocycles. The van der Waals surface area contributed by atoms with Crippen molar-refractivity contribution in [3.8, 4) is 17.6 Å². The molecule has 7 heteroatoms. The molecule has 0 aliphatic rings. The maximum absolute atomic E-state index is 7.36. The van der Waals surface area contributed by atoms with Crippen molar-refractivity contribution in [2.75, 3.05) is 17.6 Å². The van der Waals surface area contributed by atoms with E-state index in [9.17, 15) is 0 Å². The summed E-state index contributed by atoms with van der Waals surface area (Å²) in [5, 5.41) is 7.34. The predicted molar refractivity (Wildman–Crippen MR) is 176 cm³/mol. The summed E-state index contributed by atoms with van der Waals surface area (Å²) in [7, 11) is -2.86. The van der Waals surface area contributed by atoms with E-state index in [1.54, 1.807) is 0 Å². The van der Waals surface area contributed by atoms with Crippen molar-refractivity contribution in [1.82, 2.24) is 9.97 Å².